The van der Waals surface area contributed by atoms with Crippen molar-refractivity contribution in [3.8, 4) is 11.5 Å². The average molecular weight is 455 g/mol. The van der Waals surface area contributed by atoms with Crippen LogP contribution in [-0.2, 0) is 6.54 Å². The SMILES string of the molecule is CC(C)CCn1c(SC(C)c2nnc(-c3ccccc3)o2)nc2cc(Cl)ccc2c1=O. The molecule has 0 saturated heterocycles. The Morgan fingerprint density at radius 1 is 1.10 bits per heavy atom. The maximum absolute atomic E-state index is 13.2. The van der Waals surface area contributed by atoms with Crippen molar-refractivity contribution >= 4 is 34.3 Å². The highest BCUT2D eigenvalue weighted by atomic mass is 35.5. The van der Waals surface area contributed by atoms with E-state index >= 15 is 0 Å². The molecular weight excluding hydrogens is 432 g/mol. The molecule has 4 rings (SSSR count). The number of aromatic nitrogens is 4. The number of hydrogen-bond donors (Lipinski definition) is 0. The molecule has 2 aromatic carbocycles. The third kappa shape index (κ3) is 4.83. The Labute approximate surface area is 189 Å². The normalized spacial score (nSPS) is 12.5. The predicted molar refractivity (Wildman–Crippen MR) is 124 cm³/mol. The smallest absolute Gasteiger partial charge is 0.262 e. The molecule has 0 fully saturated rings. The van der Waals surface area contributed by atoms with E-state index in [4.69, 9.17) is 21.0 Å². The van der Waals surface area contributed by atoms with Gasteiger partial charge < -0.3 is 4.42 Å². The van der Waals surface area contributed by atoms with Crippen LogP contribution >= 0.6 is 23.4 Å². The Kier molecular flexibility index (Phi) is 6.43. The molecule has 0 aliphatic rings. The lowest BCUT2D eigenvalue weighted by molar-refractivity contribution is 0.479. The minimum atomic E-state index is -0.182. The minimum absolute atomic E-state index is 0.0625. The van der Waals surface area contributed by atoms with Crippen LogP contribution in [0.4, 0.5) is 0 Å². The molecule has 0 radical (unpaired) electrons. The quantitative estimate of drug-likeness (QED) is 0.252. The van der Waals surface area contributed by atoms with Crippen LogP contribution < -0.4 is 5.56 Å². The van der Waals surface area contributed by atoms with E-state index in [0.29, 0.717) is 45.3 Å². The van der Waals surface area contributed by atoms with E-state index in [0.717, 1.165) is 12.0 Å². The van der Waals surface area contributed by atoms with Crippen molar-refractivity contribution in [3.63, 3.8) is 0 Å². The second kappa shape index (κ2) is 9.24. The molecule has 0 N–H and O–H groups in total. The summed E-state index contributed by atoms with van der Waals surface area (Å²) in [5.41, 5.74) is 1.39. The standard InChI is InChI=1S/C23H23ClN4O2S/c1-14(2)11-12-28-22(29)18-10-9-17(24)13-19(18)25-23(28)31-15(3)20-26-27-21(30-20)16-7-5-4-6-8-16/h4-10,13-15H,11-12H2,1-3H3. The molecule has 1 unspecified atom stereocenters. The van der Waals surface area contributed by atoms with Gasteiger partial charge in [-0.15, -0.1) is 10.2 Å². The highest BCUT2D eigenvalue weighted by Crippen LogP contribution is 2.34. The maximum Gasteiger partial charge on any atom is 0.262 e. The van der Waals surface area contributed by atoms with E-state index in [-0.39, 0.29) is 10.8 Å². The maximum atomic E-state index is 13.2. The van der Waals surface area contributed by atoms with Gasteiger partial charge in [0, 0.05) is 17.1 Å². The molecule has 2 heterocycles. The van der Waals surface area contributed by atoms with Gasteiger partial charge in [0.05, 0.1) is 16.2 Å². The van der Waals surface area contributed by atoms with Gasteiger partial charge in [-0.25, -0.2) is 4.98 Å². The van der Waals surface area contributed by atoms with Gasteiger partial charge in [0.2, 0.25) is 11.8 Å². The largest absolute Gasteiger partial charge is 0.419 e. The van der Waals surface area contributed by atoms with Crippen LogP contribution in [0, 0.1) is 5.92 Å². The lowest BCUT2D eigenvalue weighted by atomic mass is 10.1. The number of rotatable bonds is 7. The van der Waals surface area contributed by atoms with Gasteiger partial charge in [-0.2, -0.15) is 0 Å². The lowest BCUT2D eigenvalue weighted by Crippen LogP contribution is -2.24. The first-order valence-electron chi connectivity index (χ1n) is 10.2. The van der Waals surface area contributed by atoms with E-state index in [1.807, 2.05) is 37.3 Å². The van der Waals surface area contributed by atoms with E-state index in [9.17, 15) is 4.79 Å². The summed E-state index contributed by atoms with van der Waals surface area (Å²) >= 11 is 7.57. The highest BCUT2D eigenvalue weighted by molar-refractivity contribution is 7.99. The number of nitrogens with zero attached hydrogens (tertiary/aromatic N) is 4. The van der Waals surface area contributed by atoms with Crippen LogP contribution in [0.25, 0.3) is 22.4 Å². The molecular formula is C23H23ClN4O2S. The van der Waals surface area contributed by atoms with Gasteiger partial charge in [-0.1, -0.05) is 55.4 Å². The third-order valence-corrected chi connectivity index (χ3v) is 6.22. The van der Waals surface area contributed by atoms with Crippen LogP contribution in [-0.4, -0.2) is 19.7 Å². The number of fused-ring (bicyclic) bond motifs is 1. The predicted octanol–water partition coefficient (Wildman–Crippen LogP) is 6.00. The van der Waals surface area contributed by atoms with E-state index < -0.39 is 0 Å². The Morgan fingerprint density at radius 2 is 1.87 bits per heavy atom. The zero-order valence-electron chi connectivity index (χ0n) is 17.6. The molecule has 0 aliphatic carbocycles. The second-order valence-corrected chi connectivity index (χ2v) is 9.51. The fourth-order valence-electron chi connectivity index (χ4n) is 3.15. The van der Waals surface area contributed by atoms with Crippen molar-refractivity contribution in [1.82, 2.24) is 19.7 Å². The molecule has 2 aromatic heterocycles. The Morgan fingerprint density at radius 3 is 2.61 bits per heavy atom. The second-order valence-electron chi connectivity index (χ2n) is 7.77. The lowest BCUT2D eigenvalue weighted by Gasteiger charge is -2.16. The Balaban J connectivity index is 1.68. The fraction of sp³-hybridized carbons (Fsp3) is 0.304. The fourth-order valence-corrected chi connectivity index (χ4v) is 4.28. The van der Waals surface area contributed by atoms with Crippen molar-refractivity contribution in [2.24, 2.45) is 5.92 Å². The molecule has 160 valence electrons. The van der Waals surface area contributed by atoms with Crippen molar-refractivity contribution in [2.75, 3.05) is 0 Å². The molecule has 0 bridgehead atoms. The van der Waals surface area contributed by atoms with Crippen LogP contribution in [0.2, 0.25) is 5.02 Å². The zero-order valence-corrected chi connectivity index (χ0v) is 19.2. The topological polar surface area (TPSA) is 73.8 Å². The van der Waals surface area contributed by atoms with Crippen molar-refractivity contribution < 1.29 is 4.42 Å². The summed E-state index contributed by atoms with van der Waals surface area (Å²) in [6, 6.07) is 14.8. The van der Waals surface area contributed by atoms with Gasteiger partial charge in [-0.3, -0.25) is 9.36 Å². The first-order valence-corrected chi connectivity index (χ1v) is 11.4. The van der Waals surface area contributed by atoms with Gasteiger partial charge in [0.25, 0.3) is 5.56 Å². The third-order valence-electron chi connectivity index (χ3n) is 4.90. The van der Waals surface area contributed by atoms with Crippen molar-refractivity contribution in [1.29, 1.82) is 0 Å². The van der Waals surface area contributed by atoms with Gasteiger partial charge in [-0.05, 0) is 49.6 Å². The first kappa shape index (κ1) is 21.6. The summed E-state index contributed by atoms with van der Waals surface area (Å²) in [5.74, 6) is 1.42. The van der Waals surface area contributed by atoms with Gasteiger partial charge in [0.15, 0.2) is 5.16 Å². The van der Waals surface area contributed by atoms with Crippen LogP contribution in [0.5, 0.6) is 0 Å². The van der Waals surface area contributed by atoms with E-state index in [2.05, 4.69) is 24.0 Å². The molecule has 1 atom stereocenters. The molecule has 31 heavy (non-hydrogen) atoms. The molecule has 0 spiro atoms. The van der Waals surface area contributed by atoms with Crippen molar-refractivity contribution in [3.05, 3.63) is 69.8 Å². The van der Waals surface area contributed by atoms with Gasteiger partial charge >= 0.3 is 0 Å². The Hall–Kier alpha value is -2.64. The molecule has 0 aliphatic heterocycles. The number of hydrogen-bond acceptors (Lipinski definition) is 6. The van der Waals surface area contributed by atoms with Crippen LogP contribution in [0.1, 0.15) is 38.3 Å². The zero-order chi connectivity index (χ0) is 22.0. The van der Waals surface area contributed by atoms with Crippen LogP contribution in [0.15, 0.2) is 62.9 Å². The Bertz CT molecular complexity index is 1250. The summed E-state index contributed by atoms with van der Waals surface area (Å²) < 4.78 is 7.64. The monoisotopic (exact) mass is 454 g/mol. The molecule has 0 amide bonds. The number of thioether (sulfide) groups is 1. The number of benzene rings is 2. The van der Waals surface area contributed by atoms with E-state index in [1.165, 1.54) is 11.8 Å². The van der Waals surface area contributed by atoms with Crippen LogP contribution in [0.3, 0.4) is 0 Å². The summed E-state index contributed by atoms with van der Waals surface area (Å²) in [4.78, 5) is 18.0. The molecule has 6 nitrogen and oxygen atoms in total. The first-order chi connectivity index (χ1) is 14.9. The van der Waals surface area contributed by atoms with Gasteiger partial charge in [0.1, 0.15) is 0 Å². The summed E-state index contributed by atoms with van der Waals surface area (Å²) in [6.07, 6.45) is 0.876. The van der Waals surface area contributed by atoms with E-state index in [1.54, 1.807) is 22.8 Å². The minimum Gasteiger partial charge on any atom is -0.419 e. The summed E-state index contributed by atoms with van der Waals surface area (Å²) in [5, 5.41) is 9.94. The van der Waals surface area contributed by atoms with Crippen molar-refractivity contribution in [2.45, 2.75) is 44.1 Å². The summed E-state index contributed by atoms with van der Waals surface area (Å²) in [7, 11) is 0. The molecule has 0 saturated carbocycles. The molecule has 8 heteroatoms. The number of halogens is 1. The summed E-state index contributed by atoms with van der Waals surface area (Å²) in [6.45, 7) is 6.83. The average Bonchev–Trinajstić information content (AvgIpc) is 3.24. The molecule has 4 aromatic rings. The highest BCUT2D eigenvalue weighted by Gasteiger charge is 2.20.